The molecule has 22 heavy (non-hydrogen) atoms. The van der Waals surface area contributed by atoms with Gasteiger partial charge in [0, 0.05) is 14.6 Å². The smallest absolute Gasteiger partial charge is 0.259 e. The molecule has 0 fully saturated rings. The van der Waals surface area contributed by atoms with E-state index in [1.807, 2.05) is 36.4 Å². The van der Waals surface area contributed by atoms with Crippen molar-refractivity contribution < 1.29 is 9.53 Å². The molecule has 116 valence electrons. The molecule has 2 aromatic rings. The second-order valence-electron chi connectivity index (χ2n) is 5.31. The Morgan fingerprint density at radius 3 is 2.36 bits per heavy atom. The molecule has 0 atom stereocenters. The van der Waals surface area contributed by atoms with Crippen molar-refractivity contribution in [2.45, 2.75) is 13.8 Å². The van der Waals surface area contributed by atoms with E-state index in [0.29, 0.717) is 23.8 Å². The lowest BCUT2D eigenvalue weighted by Crippen LogP contribution is -2.15. The molecular formula is C17H17Br2NO2. The Bertz CT molecular complexity index is 654. The van der Waals surface area contributed by atoms with Crippen molar-refractivity contribution in [3.8, 4) is 5.75 Å². The summed E-state index contributed by atoms with van der Waals surface area (Å²) in [5.74, 6) is 0.792. The van der Waals surface area contributed by atoms with E-state index in [4.69, 9.17) is 4.74 Å². The minimum absolute atomic E-state index is 0.192. The molecule has 0 aliphatic heterocycles. The molecule has 0 radical (unpaired) electrons. The molecule has 0 bridgehead atoms. The molecule has 5 heteroatoms. The first-order valence-corrected chi connectivity index (χ1v) is 8.53. The van der Waals surface area contributed by atoms with Gasteiger partial charge in [-0.25, -0.2) is 0 Å². The van der Waals surface area contributed by atoms with Crippen LogP contribution in [0.15, 0.2) is 51.4 Å². The summed E-state index contributed by atoms with van der Waals surface area (Å²) in [4.78, 5) is 12.5. The fourth-order valence-corrected chi connectivity index (χ4v) is 2.42. The fraction of sp³-hybridized carbons (Fsp3) is 0.235. The van der Waals surface area contributed by atoms with Gasteiger partial charge in [0.2, 0.25) is 0 Å². The molecule has 0 aliphatic carbocycles. The monoisotopic (exact) mass is 425 g/mol. The average Bonchev–Trinajstić information content (AvgIpc) is 2.48. The zero-order chi connectivity index (χ0) is 16.1. The van der Waals surface area contributed by atoms with Crippen molar-refractivity contribution in [3.63, 3.8) is 0 Å². The molecule has 2 aromatic carbocycles. The molecule has 0 unspecified atom stereocenters. The minimum Gasteiger partial charge on any atom is -0.492 e. The van der Waals surface area contributed by atoms with E-state index in [1.165, 1.54) is 0 Å². The number of ether oxygens (including phenoxy) is 1. The van der Waals surface area contributed by atoms with Crippen LogP contribution in [0.4, 0.5) is 5.69 Å². The number of anilines is 1. The van der Waals surface area contributed by atoms with Gasteiger partial charge in [-0.05, 0) is 48.4 Å². The summed E-state index contributed by atoms with van der Waals surface area (Å²) in [6.45, 7) is 4.71. The lowest BCUT2D eigenvalue weighted by atomic mass is 10.1. The first-order chi connectivity index (χ1) is 10.5. The Morgan fingerprint density at radius 2 is 1.73 bits per heavy atom. The average molecular weight is 427 g/mol. The number of rotatable bonds is 5. The number of carbonyl (C=O) groups is 1. The van der Waals surface area contributed by atoms with Crippen molar-refractivity contribution >= 4 is 43.5 Å². The number of halogens is 2. The molecule has 0 heterocycles. The molecule has 0 aliphatic rings. The fourth-order valence-electron chi connectivity index (χ4n) is 1.79. The highest BCUT2D eigenvalue weighted by Crippen LogP contribution is 2.25. The quantitative estimate of drug-likeness (QED) is 0.685. The van der Waals surface area contributed by atoms with Crippen LogP contribution in [0.5, 0.6) is 5.75 Å². The maximum Gasteiger partial charge on any atom is 0.259 e. The van der Waals surface area contributed by atoms with Crippen LogP contribution in [-0.2, 0) is 0 Å². The maximum atomic E-state index is 12.5. The minimum atomic E-state index is -0.192. The summed E-state index contributed by atoms with van der Waals surface area (Å²) in [5, 5.41) is 2.88. The summed E-state index contributed by atoms with van der Waals surface area (Å²) in [7, 11) is 0. The Kier molecular flexibility index (Phi) is 6.03. The van der Waals surface area contributed by atoms with Gasteiger partial charge in [0.1, 0.15) is 5.75 Å². The van der Waals surface area contributed by atoms with E-state index in [9.17, 15) is 4.79 Å². The topological polar surface area (TPSA) is 38.3 Å². The van der Waals surface area contributed by atoms with Crippen LogP contribution in [0.1, 0.15) is 24.2 Å². The summed E-state index contributed by atoms with van der Waals surface area (Å²) in [6, 6.07) is 12.9. The molecule has 2 rings (SSSR count). The van der Waals surface area contributed by atoms with Crippen LogP contribution in [0.2, 0.25) is 0 Å². The number of nitrogens with one attached hydrogen (secondary N) is 1. The number of benzene rings is 2. The third-order valence-corrected chi connectivity index (χ3v) is 3.88. The second-order valence-corrected chi connectivity index (χ2v) is 7.14. The molecule has 1 N–H and O–H groups in total. The van der Waals surface area contributed by atoms with Crippen LogP contribution < -0.4 is 10.1 Å². The first-order valence-electron chi connectivity index (χ1n) is 6.95. The summed E-state index contributed by atoms with van der Waals surface area (Å²) < 4.78 is 7.55. The molecular weight excluding hydrogens is 410 g/mol. The van der Waals surface area contributed by atoms with Crippen LogP contribution in [0.3, 0.4) is 0 Å². The lowest BCUT2D eigenvalue weighted by molar-refractivity contribution is 0.102. The van der Waals surface area contributed by atoms with Gasteiger partial charge in [0.05, 0.1) is 12.2 Å². The molecule has 0 aromatic heterocycles. The summed E-state index contributed by atoms with van der Waals surface area (Å²) >= 11 is 6.77. The van der Waals surface area contributed by atoms with Gasteiger partial charge in [-0.1, -0.05) is 45.7 Å². The van der Waals surface area contributed by atoms with Crippen LogP contribution in [0, 0.1) is 5.92 Å². The highest BCUT2D eigenvalue weighted by Gasteiger charge is 2.14. The largest absolute Gasteiger partial charge is 0.492 e. The van der Waals surface area contributed by atoms with Crippen molar-refractivity contribution in [1.29, 1.82) is 0 Å². The Labute approximate surface area is 147 Å². The van der Waals surface area contributed by atoms with E-state index in [2.05, 4.69) is 51.0 Å². The highest BCUT2D eigenvalue weighted by atomic mass is 79.9. The van der Waals surface area contributed by atoms with Gasteiger partial charge in [0.25, 0.3) is 5.91 Å². The Morgan fingerprint density at radius 1 is 1.09 bits per heavy atom. The summed E-state index contributed by atoms with van der Waals surface area (Å²) in [5.41, 5.74) is 1.25. The standard InChI is InChI=1S/C17H17Br2NO2/c1-11(2)10-22-16-8-5-13(19)9-15(16)17(21)20-14-6-3-12(18)4-7-14/h3-9,11H,10H2,1-2H3,(H,20,21). The van der Waals surface area contributed by atoms with Crippen molar-refractivity contribution in [2.75, 3.05) is 11.9 Å². The van der Waals surface area contributed by atoms with Crippen LogP contribution in [-0.4, -0.2) is 12.5 Å². The first kappa shape index (κ1) is 17.0. The van der Waals surface area contributed by atoms with E-state index in [0.717, 1.165) is 14.6 Å². The Balaban J connectivity index is 2.20. The van der Waals surface area contributed by atoms with Gasteiger partial charge < -0.3 is 10.1 Å². The highest BCUT2D eigenvalue weighted by molar-refractivity contribution is 9.10. The lowest BCUT2D eigenvalue weighted by Gasteiger charge is -2.13. The second kappa shape index (κ2) is 7.79. The third kappa shape index (κ3) is 4.85. The number of amides is 1. The van der Waals surface area contributed by atoms with Gasteiger partial charge >= 0.3 is 0 Å². The maximum absolute atomic E-state index is 12.5. The SMILES string of the molecule is CC(C)COc1ccc(Br)cc1C(=O)Nc1ccc(Br)cc1. The number of carbonyl (C=O) groups excluding carboxylic acids is 1. The number of hydrogen-bond donors (Lipinski definition) is 1. The van der Waals surface area contributed by atoms with E-state index < -0.39 is 0 Å². The van der Waals surface area contributed by atoms with E-state index in [-0.39, 0.29) is 5.91 Å². The van der Waals surface area contributed by atoms with Crippen molar-refractivity contribution in [3.05, 3.63) is 57.0 Å². The van der Waals surface area contributed by atoms with E-state index in [1.54, 1.807) is 6.07 Å². The van der Waals surface area contributed by atoms with E-state index >= 15 is 0 Å². The summed E-state index contributed by atoms with van der Waals surface area (Å²) in [6.07, 6.45) is 0. The van der Waals surface area contributed by atoms with Gasteiger partial charge in [-0.2, -0.15) is 0 Å². The third-order valence-electron chi connectivity index (χ3n) is 2.86. The molecule has 0 saturated carbocycles. The van der Waals surface area contributed by atoms with Gasteiger partial charge in [0.15, 0.2) is 0 Å². The number of hydrogen-bond acceptors (Lipinski definition) is 2. The zero-order valence-corrected chi connectivity index (χ0v) is 15.6. The Hall–Kier alpha value is -1.33. The molecule has 1 amide bonds. The predicted octanol–water partition coefficient (Wildman–Crippen LogP) is 5.50. The van der Waals surface area contributed by atoms with Crippen molar-refractivity contribution in [2.24, 2.45) is 5.92 Å². The molecule has 0 saturated heterocycles. The zero-order valence-electron chi connectivity index (χ0n) is 12.4. The van der Waals surface area contributed by atoms with Gasteiger partial charge in [-0.15, -0.1) is 0 Å². The molecule has 0 spiro atoms. The van der Waals surface area contributed by atoms with Crippen LogP contribution >= 0.6 is 31.9 Å². The normalized spacial score (nSPS) is 10.6. The molecule has 3 nitrogen and oxygen atoms in total. The van der Waals surface area contributed by atoms with Gasteiger partial charge in [-0.3, -0.25) is 4.79 Å². The predicted molar refractivity (Wildman–Crippen MR) is 96.6 cm³/mol. The van der Waals surface area contributed by atoms with Crippen LogP contribution in [0.25, 0.3) is 0 Å². The van der Waals surface area contributed by atoms with Crippen molar-refractivity contribution in [1.82, 2.24) is 0 Å².